The summed E-state index contributed by atoms with van der Waals surface area (Å²) in [4.78, 5) is 0. The van der Waals surface area contributed by atoms with E-state index in [0.29, 0.717) is 0 Å². The Kier molecular flexibility index (Phi) is 13.4. The van der Waals surface area contributed by atoms with Gasteiger partial charge in [-0.3, -0.25) is 0 Å². The zero-order chi connectivity index (χ0) is 25.3. The minimum absolute atomic E-state index is 0.826. The second kappa shape index (κ2) is 17.1. The van der Waals surface area contributed by atoms with Crippen molar-refractivity contribution in [3.05, 3.63) is 163 Å². The Bertz CT molecular complexity index is 1230. The molecule has 0 aliphatic rings. The molecule has 6 aromatic carbocycles. The topological polar surface area (TPSA) is 0 Å². The minimum Gasteiger partial charge on any atom is -0.320 e. The predicted octanol–water partition coefficient (Wildman–Crippen LogP) is 10.2. The molecule has 0 aromatic heterocycles. The smallest absolute Gasteiger partial charge is 0.0616 e. The summed E-state index contributed by atoms with van der Waals surface area (Å²) in [5, 5.41) is 5.39. The largest absolute Gasteiger partial charge is 0.320 e. The van der Waals surface area contributed by atoms with Crippen molar-refractivity contribution in [2.75, 3.05) is 0 Å². The summed E-state index contributed by atoms with van der Waals surface area (Å²) in [7, 11) is 9.87. The fraction of sp³-hybridized carbons (Fsp3) is 0.0606. The van der Waals surface area contributed by atoms with E-state index in [9.17, 15) is 0 Å². The average Bonchev–Trinajstić information content (AvgIpc) is 3.63. The standard InChI is InChI=1S/C15H15.C13H9.C5H5.2ClH.Zr/c1-3-8-14(9-4-1)12-7-13-15-10-5-2-6-11-15;1-3-7-12-10(5-1)9-11-6-2-4-8-13(11)12;1-2-4-5-3-1;;;/h1-11H,12-13H2;1-9H;1-5H;2*1H;/q3*-1;;;+2/p-2. The van der Waals surface area contributed by atoms with Crippen LogP contribution < -0.4 is 0 Å². The molecule has 36 heavy (non-hydrogen) atoms. The van der Waals surface area contributed by atoms with Crippen molar-refractivity contribution in [2.45, 2.75) is 12.8 Å². The second-order valence-electron chi connectivity index (χ2n) is 8.02. The number of fused-ring (bicyclic) bond motifs is 3. The number of benzene rings is 4. The molecular formula is C33H29Cl2Zr-3. The minimum atomic E-state index is -0.826. The van der Waals surface area contributed by atoms with Crippen LogP contribution in [0.5, 0.6) is 0 Å². The van der Waals surface area contributed by atoms with Crippen LogP contribution >= 0.6 is 17.0 Å². The molecule has 0 N–H and O–H groups in total. The molecule has 6 rings (SSSR count). The maximum Gasteiger partial charge on any atom is -0.0616 e. The third kappa shape index (κ3) is 9.90. The summed E-state index contributed by atoms with van der Waals surface area (Å²) in [6.45, 7) is 0. The summed E-state index contributed by atoms with van der Waals surface area (Å²) in [5.41, 5.74) is 2.77. The maximum absolute atomic E-state index is 4.93. The first-order valence-electron chi connectivity index (χ1n) is 11.9. The van der Waals surface area contributed by atoms with Crippen molar-refractivity contribution in [3.63, 3.8) is 0 Å². The number of hydrogen-bond donors (Lipinski definition) is 0. The van der Waals surface area contributed by atoms with Crippen LogP contribution in [0.2, 0.25) is 0 Å². The van der Waals surface area contributed by atoms with Gasteiger partial charge in [0.05, 0.1) is 0 Å². The van der Waals surface area contributed by atoms with Crippen molar-refractivity contribution in [3.8, 4) is 0 Å². The molecule has 0 atom stereocenters. The van der Waals surface area contributed by atoms with E-state index in [2.05, 4.69) is 122 Å². The molecule has 3 heteroatoms. The molecule has 0 spiro atoms. The van der Waals surface area contributed by atoms with Gasteiger partial charge in [-0.2, -0.15) is 31.0 Å². The van der Waals surface area contributed by atoms with Crippen LogP contribution in [0, 0.1) is 6.42 Å². The van der Waals surface area contributed by atoms with Crippen LogP contribution in [0.15, 0.2) is 146 Å². The van der Waals surface area contributed by atoms with E-state index in [0.717, 1.165) is 12.8 Å². The molecule has 0 saturated carbocycles. The summed E-state index contributed by atoms with van der Waals surface area (Å²) in [6, 6.07) is 50.4. The van der Waals surface area contributed by atoms with E-state index in [1.165, 1.54) is 32.7 Å². The molecule has 0 fully saturated rings. The van der Waals surface area contributed by atoms with E-state index in [1.807, 2.05) is 30.3 Å². The summed E-state index contributed by atoms with van der Waals surface area (Å²) in [6.07, 6.45) is 4.43. The Morgan fingerprint density at radius 2 is 0.917 bits per heavy atom. The van der Waals surface area contributed by atoms with E-state index in [-0.39, 0.29) is 0 Å². The zero-order valence-corrected chi connectivity index (χ0v) is 24.1. The van der Waals surface area contributed by atoms with Crippen molar-refractivity contribution in [1.82, 2.24) is 0 Å². The van der Waals surface area contributed by atoms with Gasteiger partial charge < -0.3 is 6.42 Å². The van der Waals surface area contributed by atoms with Gasteiger partial charge in [0, 0.05) is 0 Å². The van der Waals surface area contributed by atoms with Gasteiger partial charge in [0.25, 0.3) is 0 Å². The number of hydrogen-bond acceptors (Lipinski definition) is 0. The quantitative estimate of drug-likeness (QED) is 0.180. The first-order valence-corrected chi connectivity index (χ1v) is 18.2. The van der Waals surface area contributed by atoms with Crippen molar-refractivity contribution >= 4 is 38.6 Å². The molecule has 0 unspecified atom stereocenters. The van der Waals surface area contributed by atoms with Crippen LogP contribution in [0.1, 0.15) is 11.1 Å². The SMILES string of the molecule is [Cl][Zr][Cl].c1cc[cH-]c1.c1ccc(C[CH-]Cc2ccccc2)cc1.c1ccc2c(c1)[cH-]c1ccccc12. The fourth-order valence-electron chi connectivity index (χ4n) is 3.86. The molecule has 6 aromatic rings. The third-order valence-electron chi connectivity index (χ3n) is 5.52. The number of rotatable bonds is 4. The Hall–Kier alpha value is -2.44. The van der Waals surface area contributed by atoms with Crippen LogP contribution in [0.3, 0.4) is 0 Å². The molecule has 0 nitrogen and oxygen atoms in total. The van der Waals surface area contributed by atoms with Gasteiger partial charge in [-0.1, -0.05) is 108 Å². The molecule has 182 valence electrons. The second-order valence-corrected chi connectivity index (χ2v) is 11.8. The van der Waals surface area contributed by atoms with Crippen molar-refractivity contribution < 1.29 is 20.8 Å². The van der Waals surface area contributed by atoms with Crippen molar-refractivity contribution in [1.29, 1.82) is 0 Å². The Morgan fingerprint density at radius 3 is 1.31 bits per heavy atom. The normalized spacial score (nSPS) is 9.72. The van der Waals surface area contributed by atoms with Gasteiger partial charge in [0.2, 0.25) is 0 Å². The van der Waals surface area contributed by atoms with Crippen LogP contribution in [-0.2, 0) is 33.7 Å². The molecule has 0 amide bonds. The van der Waals surface area contributed by atoms with Gasteiger partial charge in [-0.05, 0) is 0 Å². The van der Waals surface area contributed by atoms with E-state index >= 15 is 0 Å². The Morgan fingerprint density at radius 1 is 0.528 bits per heavy atom. The van der Waals surface area contributed by atoms with Gasteiger partial charge in [0.15, 0.2) is 0 Å². The Labute approximate surface area is 233 Å². The molecule has 0 aliphatic heterocycles. The average molecular weight is 588 g/mol. The zero-order valence-electron chi connectivity index (χ0n) is 20.1. The van der Waals surface area contributed by atoms with Gasteiger partial charge in [-0.25, -0.2) is 12.1 Å². The predicted molar refractivity (Wildman–Crippen MR) is 155 cm³/mol. The van der Waals surface area contributed by atoms with E-state index in [1.54, 1.807) is 0 Å². The first kappa shape index (κ1) is 28.1. The third-order valence-corrected chi connectivity index (χ3v) is 5.52. The molecule has 0 bridgehead atoms. The van der Waals surface area contributed by atoms with Crippen LogP contribution in [0.25, 0.3) is 21.5 Å². The summed E-state index contributed by atoms with van der Waals surface area (Å²) in [5.74, 6) is 0. The summed E-state index contributed by atoms with van der Waals surface area (Å²) >= 11 is -0.826. The number of halogens is 2. The maximum atomic E-state index is 4.93. The first-order chi connectivity index (χ1) is 17.8. The molecular weight excluding hydrogens is 558 g/mol. The molecule has 0 radical (unpaired) electrons. The van der Waals surface area contributed by atoms with E-state index in [4.69, 9.17) is 17.0 Å². The van der Waals surface area contributed by atoms with Crippen LogP contribution in [0.4, 0.5) is 0 Å². The summed E-state index contributed by atoms with van der Waals surface area (Å²) < 4.78 is 0. The molecule has 0 saturated heterocycles. The Balaban J connectivity index is 0.000000155. The fourth-order valence-corrected chi connectivity index (χ4v) is 3.86. The monoisotopic (exact) mass is 585 g/mol. The van der Waals surface area contributed by atoms with Gasteiger partial charge in [0.1, 0.15) is 0 Å². The molecule has 0 aliphatic carbocycles. The van der Waals surface area contributed by atoms with Gasteiger partial charge >= 0.3 is 37.9 Å². The van der Waals surface area contributed by atoms with Gasteiger partial charge in [-0.15, -0.1) is 39.7 Å². The molecule has 0 heterocycles. The van der Waals surface area contributed by atoms with Crippen molar-refractivity contribution in [2.24, 2.45) is 0 Å². The van der Waals surface area contributed by atoms with E-state index < -0.39 is 20.8 Å². The van der Waals surface area contributed by atoms with Crippen LogP contribution in [-0.4, -0.2) is 0 Å².